The van der Waals surface area contributed by atoms with Gasteiger partial charge in [-0.1, -0.05) is 15.9 Å². The smallest absolute Gasteiger partial charge is 0.233 e. The quantitative estimate of drug-likeness (QED) is 0.590. The van der Waals surface area contributed by atoms with Gasteiger partial charge >= 0.3 is 0 Å². The van der Waals surface area contributed by atoms with Crippen LogP contribution in [0.25, 0.3) is 0 Å². The molecule has 0 aromatic heterocycles. The molecule has 1 fully saturated rings. The fraction of sp³-hybridized carbons (Fsp3) is 0.833. The van der Waals surface area contributed by atoms with Gasteiger partial charge in [0.2, 0.25) is 5.91 Å². The molecule has 0 bridgehead atoms. The molecule has 4 heteroatoms. The summed E-state index contributed by atoms with van der Waals surface area (Å²) in [7, 11) is 0. The van der Waals surface area contributed by atoms with E-state index in [1.54, 1.807) is 4.90 Å². The monoisotopic (exact) mass is 209 g/mol. The average Bonchev–Trinajstić information content (AvgIpc) is 2.34. The van der Waals surface area contributed by atoms with E-state index in [4.69, 9.17) is 0 Å². The molecular formula is C6H9BrFNO. The molecule has 1 atom stereocenters. The minimum atomic E-state index is -0.803. The highest BCUT2D eigenvalue weighted by molar-refractivity contribution is 9.09. The summed E-state index contributed by atoms with van der Waals surface area (Å²) in [4.78, 5) is 12.4. The Kier molecular flexibility index (Phi) is 2.65. The zero-order valence-corrected chi connectivity index (χ0v) is 7.10. The van der Waals surface area contributed by atoms with Crippen LogP contribution in [0, 0.1) is 0 Å². The first-order valence-corrected chi connectivity index (χ1v) is 4.34. The second-order valence-corrected chi connectivity index (χ2v) is 2.92. The van der Waals surface area contributed by atoms with Crippen LogP contribution in [0.4, 0.5) is 4.39 Å². The Balaban J connectivity index is 2.37. The number of nitrogens with zero attached hydrogens (tertiary/aromatic N) is 1. The first-order chi connectivity index (χ1) is 4.74. The molecule has 2 nitrogen and oxygen atoms in total. The summed E-state index contributed by atoms with van der Waals surface area (Å²) in [6.07, 6.45) is -0.304. The van der Waals surface area contributed by atoms with Gasteiger partial charge in [0.1, 0.15) is 6.17 Å². The molecule has 0 aromatic carbocycles. The number of amides is 1. The number of rotatable bonds is 1. The highest BCUT2D eigenvalue weighted by atomic mass is 79.9. The number of hydrogen-bond donors (Lipinski definition) is 0. The number of alkyl halides is 2. The second kappa shape index (κ2) is 3.32. The molecule has 1 amide bonds. The summed E-state index contributed by atoms with van der Waals surface area (Å²) in [6, 6.07) is 0. The van der Waals surface area contributed by atoms with Crippen LogP contribution in [-0.4, -0.2) is 35.4 Å². The molecule has 1 rings (SSSR count). The van der Waals surface area contributed by atoms with Gasteiger partial charge in [-0.15, -0.1) is 0 Å². The standard InChI is InChI=1S/C6H9BrFNO/c7-3-6(10)9-2-1-5(8)4-9/h5H,1-4H2. The number of halogens is 2. The molecule has 1 unspecified atom stereocenters. The van der Waals surface area contributed by atoms with Gasteiger partial charge in [-0.2, -0.15) is 0 Å². The van der Waals surface area contributed by atoms with Crippen LogP contribution >= 0.6 is 15.9 Å². The van der Waals surface area contributed by atoms with E-state index in [0.29, 0.717) is 18.3 Å². The van der Waals surface area contributed by atoms with Crippen LogP contribution < -0.4 is 0 Å². The normalized spacial score (nSPS) is 25.4. The molecule has 0 radical (unpaired) electrons. The Labute approximate surface area is 67.5 Å². The van der Waals surface area contributed by atoms with Crippen molar-refractivity contribution < 1.29 is 9.18 Å². The predicted octanol–water partition coefficient (Wildman–Crippen LogP) is 0.952. The maximum atomic E-state index is 12.5. The Morgan fingerprint density at radius 2 is 2.50 bits per heavy atom. The lowest BCUT2D eigenvalue weighted by Crippen LogP contribution is -2.29. The van der Waals surface area contributed by atoms with Crippen molar-refractivity contribution in [3.8, 4) is 0 Å². The second-order valence-electron chi connectivity index (χ2n) is 2.36. The third-order valence-electron chi connectivity index (χ3n) is 1.60. The third-order valence-corrected chi connectivity index (χ3v) is 2.08. The number of hydrogen-bond acceptors (Lipinski definition) is 1. The summed E-state index contributed by atoms with van der Waals surface area (Å²) in [5.74, 6) is -0.0137. The van der Waals surface area contributed by atoms with Gasteiger partial charge in [0, 0.05) is 6.54 Å². The van der Waals surface area contributed by atoms with Crippen molar-refractivity contribution >= 4 is 21.8 Å². The van der Waals surface area contributed by atoms with Gasteiger partial charge in [-0.3, -0.25) is 4.79 Å². The van der Waals surface area contributed by atoms with Gasteiger partial charge in [-0.25, -0.2) is 4.39 Å². The zero-order valence-electron chi connectivity index (χ0n) is 5.52. The molecule has 1 aliphatic heterocycles. The predicted molar refractivity (Wildman–Crippen MR) is 39.9 cm³/mol. The van der Waals surface area contributed by atoms with Gasteiger partial charge in [0.15, 0.2) is 0 Å². The summed E-state index contributed by atoms with van der Waals surface area (Å²) in [6.45, 7) is 0.857. The van der Waals surface area contributed by atoms with E-state index in [9.17, 15) is 9.18 Å². The van der Waals surface area contributed by atoms with Crippen molar-refractivity contribution in [1.82, 2.24) is 4.90 Å². The minimum Gasteiger partial charge on any atom is -0.339 e. The molecule has 1 aliphatic rings. The first-order valence-electron chi connectivity index (χ1n) is 3.22. The molecule has 0 aromatic rings. The maximum absolute atomic E-state index is 12.5. The molecule has 0 saturated carbocycles. The van der Waals surface area contributed by atoms with Gasteiger partial charge in [0.05, 0.1) is 11.9 Å². The van der Waals surface area contributed by atoms with Crippen molar-refractivity contribution in [2.75, 3.05) is 18.4 Å². The van der Waals surface area contributed by atoms with Crippen LogP contribution in [0.15, 0.2) is 0 Å². The van der Waals surface area contributed by atoms with Gasteiger partial charge in [0.25, 0.3) is 0 Å². The Hall–Kier alpha value is -0.120. The van der Waals surface area contributed by atoms with E-state index in [0.717, 1.165) is 0 Å². The Morgan fingerprint density at radius 3 is 2.90 bits per heavy atom. The summed E-state index contributed by atoms with van der Waals surface area (Å²) >= 11 is 3.03. The highest BCUT2D eigenvalue weighted by Crippen LogP contribution is 2.12. The molecule has 10 heavy (non-hydrogen) atoms. The molecule has 58 valence electrons. The number of carbonyl (C=O) groups is 1. The summed E-state index contributed by atoms with van der Waals surface area (Å²) in [5, 5.41) is 0.305. The minimum absolute atomic E-state index is 0.0137. The molecule has 1 heterocycles. The van der Waals surface area contributed by atoms with Crippen molar-refractivity contribution in [1.29, 1.82) is 0 Å². The summed E-state index contributed by atoms with van der Waals surface area (Å²) in [5.41, 5.74) is 0. The molecule has 0 N–H and O–H groups in total. The first kappa shape index (κ1) is 7.98. The van der Waals surface area contributed by atoms with E-state index in [1.807, 2.05) is 0 Å². The highest BCUT2D eigenvalue weighted by Gasteiger charge is 2.24. The van der Waals surface area contributed by atoms with Crippen molar-refractivity contribution in [3.05, 3.63) is 0 Å². The lowest BCUT2D eigenvalue weighted by molar-refractivity contribution is -0.127. The average molecular weight is 210 g/mol. The van der Waals surface area contributed by atoms with Crippen LogP contribution in [0.3, 0.4) is 0 Å². The fourth-order valence-electron chi connectivity index (χ4n) is 1.03. The van der Waals surface area contributed by atoms with Crippen LogP contribution in [0.5, 0.6) is 0 Å². The molecule has 0 spiro atoms. The SMILES string of the molecule is O=C(CBr)N1CCC(F)C1. The molecule has 1 saturated heterocycles. The van der Waals surface area contributed by atoms with E-state index in [2.05, 4.69) is 15.9 Å². The molecular weight excluding hydrogens is 201 g/mol. The van der Waals surface area contributed by atoms with Gasteiger partial charge < -0.3 is 4.90 Å². The van der Waals surface area contributed by atoms with Crippen molar-refractivity contribution in [2.24, 2.45) is 0 Å². The van der Waals surface area contributed by atoms with E-state index < -0.39 is 6.17 Å². The zero-order chi connectivity index (χ0) is 7.56. The fourth-order valence-corrected chi connectivity index (χ4v) is 1.38. The lowest BCUT2D eigenvalue weighted by Gasteiger charge is -2.12. The Morgan fingerprint density at radius 1 is 1.80 bits per heavy atom. The molecule has 0 aliphatic carbocycles. The van der Waals surface area contributed by atoms with Crippen LogP contribution in [0.1, 0.15) is 6.42 Å². The van der Waals surface area contributed by atoms with E-state index >= 15 is 0 Å². The number of likely N-dealkylation sites (tertiary alicyclic amines) is 1. The third kappa shape index (κ3) is 1.68. The van der Waals surface area contributed by atoms with E-state index in [1.165, 1.54) is 0 Å². The van der Waals surface area contributed by atoms with Crippen LogP contribution in [-0.2, 0) is 4.79 Å². The van der Waals surface area contributed by atoms with Crippen LogP contribution in [0.2, 0.25) is 0 Å². The topological polar surface area (TPSA) is 20.3 Å². The van der Waals surface area contributed by atoms with Crippen molar-refractivity contribution in [3.63, 3.8) is 0 Å². The lowest BCUT2D eigenvalue weighted by atomic mass is 10.3. The Bertz CT molecular complexity index is 142. The maximum Gasteiger partial charge on any atom is 0.233 e. The van der Waals surface area contributed by atoms with Crippen molar-refractivity contribution in [2.45, 2.75) is 12.6 Å². The largest absolute Gasteiger partial charge is 0.339 e. The summed E-state index contributed by atoms with van der Waals surface area (Å²) < 4.78 is 12.5. The van der Waals surface area contributed by atoms with E-state index in [-0.39, 0.29) is 12.5 Å². The number of carbonyl (C=O) groups excluding carboxylic acids is 1. The van der Waals surface area contributed by atoms with Gasteiger partial charge in [-0.05, 0) is 6.42 Å².